The second-order valence-electron chi connectivity index (χ2n) is 3.91. The molecule has 0 aliphatic heterocycles. The average Bonchev–Trinajstić information content (AvgIpc) is 2.84. The fraction of sp³-hybridized carbons (Fsp3) is 0.0769. The van der Waals surface area contributed by atoms with Gasteiger partial charge in [-0.15, -0.1) is 11.3 Å². The minimum atomic E-state index is -1.07. The maximum Gasteiger partial charge on any atom is 0.337 e. The van der Waals surface area contributed by atoms with E-state index < -0.39 is 5.97 Å². The molecule has 104 valence electrons. The lowest BCUT2D eigenvalue weighted by molar-refractivity contribution is 0.0697. The Kier molecular flexibility index (Phi) is 4.80. The normalized spacial score (nSPS) is 11.4. The van der Waals surface area contributed by atoms with Crippen LogP contribution < -0.4 is 5.43 Å². The Morgan fingerprint density at radius 1 is 1.40 bits per heavy atom. The number of halogens is 2. The van der Waals surface area contributed by atoms with Crippen LogP contribution in [0.2, 0.25) is 5.02 Å². The van der Waals surface area contributed by atoms with Crippen LogP contribution in [0.3, 0.4) is 0 Å². The molecular weight excluding hydrogens is 364 g/mol. The zero-order valence-corrected chi connectivity index (χ0v) is 13.5. The molecule has 0 spiro atoms. The van der Waals surface area contributed by atoms with Crippen molar-refractivity contribution >= 4 is 56.2 Å². The van der Waals surface area contributed by atoms with Gasteiger partial charge in [-0.2, -0.15) is 5.10 Å². The summed E-state index contributed by atoms with van der Waals surface area (Å²) in [5, 5.41) is 13.4. The van der Waals surface area contributed by atoms with Gasteiger partial charge in [0.2, 0.25) is 0 Å². The molecule has 1 heterocycles. The van der Waals surface area contributed by atoms with Crippen molar-refractivity contribution in [3.05, 3.63) is 49.6 Å². The Morgan fingerprint density at radius 2 is 2.15 bits per heavy atom. The van der Waals surface area contributed by atoms with Gasteiger partial charge in [-0.05, 0) is 53.2 Å². The van der Waals surface area contributed by atoms with Crippen LogP contribution in [0.5, 0.6) is 0 Å². The van der Waals surface area contributed by atoms with Gasteiger partial charge in [0.05, 0.1) is 30.6 Å². The number of nitrogens with zero attached hydrogens (tertiary/aromatic N) is 1. The molecule has 2 aromatic rings. The Labute approximate surface area is 133 Å². The van der Waals surface area contributed by atoms with E-state index in [1.807, 2.05) is 19.1 Å². The number of benzene rings is 1. The van der Waals surface area contributed by atoms with Gasteiger partial charge in [0.25, 0.3) is 0 Å². The van der Waals surface area contributed by atoms with E-state index in [0.717, 1.165) is 14.4 Å². The Hall–Kier alpha value is -1.37. The van der Waals surface area contributed by atoms with Gasteiger partial charge in [-0.3, -0.25) is 5.43 Å². The molecule has 0 aliphatic carbocycles. The van der Waals surface area contributed by atoms with Gasteiger partial charge in [0, 0.05) is 0 Å². The van der Waals surface area contributed by atoms with Crippen LogP contribution >= 0.6 is 38.9 Å². The molecule has 4 nitrogen and oxygen atoms in total. The first kappa shape index (κ1) is 15.0. The molecule has 0 unspecified atom stereocenters. The Bertz CT molecular complexity index is 685. The van der Waals surface area contributed by atoms with Gasteiger partial charge >= 0.3 is 5.97 Å². The monoisotopic (exact) mass is 372 g/mol. The minimum Gasteiger partial charge on any atom is -0.478 e. The van der Waals surface area contributed by atoms with E-state index in [2.05, 4.69) is 26.5 Å². The first-order chi connectivity index (χ1) is 9.47. The summed E-state index contributed by atoms with van der Waals surface area (Å²) in [5.41, 5.74) is 4.26. The van der Waals surface area contributed by atoms with E-state index in [0.29, 0.717) is 5.69 Å². The molecule has 2 rings (SSSR count). The lowest BCUT2D eigenvalue weighted by Gasteiger charge is -2.04. The fourth-order valence-electron chi connectivity index (χ4n) is 1.47. The highest BCUT2D eigenvalue weighted by molar-refractivity contribution is 9.11. The van der Waals surface area contributed by atoms with Crippen LogP contribution in [0.15, 0.2) is 39.2 Å². The maximum atomic E-state index is 11.0. The number of hydrogen-bond donors (Lipinski definition) is 2. The van der Waals surface area contributed by atoms with E-state index in [1.165, 1.54) is 12.1 Å². The van der Waals surface area contributed by atoms with Crippen molar-refractivity contribution in [3.8, 4) is 0 Å². The number of carbonyl (C=O) groups is 1. The van der Waals surface area contributed by atoms with Crippen molar-refractivity contribution in [2.75, 3.05) is 5.43 Å². The molecule has 1 aromatic heterocycles. The van der Waals surface area contributed by atoms with Crippen molar-refractivity contribution in [2.24, 2.45) is 5.10 Å². The molecule has 0 aliphatic rings. The lowest BCUT2D eigenvalue weighted by Crippen LogP contribution is -2.01. The summed E-state index contributed by atoms with van der Waals surface area (Å²) in [4.78, 5) is 12.0. The Balaban J connectivity index is 2.18. The highest BCUT2D eigenvalue weighted by Gasteiger charge is 2.09. The van der Waals surface area contributed by atoms with Crippen molar-refractivity contribution in [1.82, 2.24) is 0 Å². The molecule has 0 fully saturated rings. The fourth-order valence-corrected chi connectivity index (χ4v) is 3.00. The van der Waals surface area contributed by atoms with Crippen molar-refractivity contribution in [1.29, 1.82) is 0 Å². The second kappa shape index (κ2) is 6.39. The summed E-state index contributed by atoms with van der Waals surface area (Å²) in [6, 6.07) is 8.56. The first-order valence-electron chi connectivity index (χ1n) is 5.56. The van der Waals surface area contributed by atoms with Crippen LogP contribution in [0, 0.1) is 0 Å². The van der Waals surface area contributed by atoms with E-state index in [4.69, 9.17) is 16.7 Å². The number of carboxylic acids is 1. The molecule has 0 amide bonds. The van der Waals surface area contributed by atoms with Gasteiger partial charge in [0.1, 0.15) is 0 Å². The van der Waals surface area contributed by atoms with Crippen molar-refractivity contribution in [3.63, 3.8) is 0 Å². The molecule has 2 N–H and O–H groups in total. The number of rotatable bonds is 4. The summed E-state index contributed by atoms with van der Waals surface area (Å²) in [7, 11) is 0. The highest BCUT2D eigenvalue weighted by Crippen LogP contribution is 2.23. The van der Waals surface area contributed by atoms with Gasteiger partial charge in [-0.1, -0.05) is 11.6 Å². The quantitative estimate of drug-likeness (QED) is 0.603. The number of carboxylic acid groups (broad SMARTS) is 1. The van der Waals surface area contributed by atoms with Crippen LogP contribution in [0.25, 0.3) is 0 Å². The summed E-state index contributed by atoms with van der Waals surface area (Å²) in [5.74, 6) is -1.07. The van der Waals surface area contributed by atoms with E-state index >= 15 is 0 Å². The van der Waals surface area contributed by atoms with E-state index in [9.17, 15) is 4.79 Å². The van der Waals surface area contributed by atoms with Crippen LogP contribution in [0.4, 0.5) is 5.69 Å². The number of nitrogens with one attached hydrogen (secondary N) is 1. The third-order valence-electron chi connectivity index (χ3n) is 2.48. The molecular formula is C13H10BrClN2O2S. The molecule has 0 bridgehead atoms. The van der Waals surface area contributed by atoms with Crippen LogP contribution in [-0.4, -0.2) is 16.8 Å². The van der Waals surface area contributed by atoms with Crippen LogP contribution in [-0.2, 0) is 0 Å². The molecule has 20 heavy (non-hydrogen) atoms. The van der Waals surface area contributed by atoms with Crippen LogP contribution in [0.1, 0.15) is 22.2 Å². The zero-order chi connectivity index (χ0) is 14.7. The van der Waals surface area contributed by atoms with Crippen molar-refractivity contribution < 1.29 is 9.90 Å². The highest BCUT2D eigenvalue weighted by atomic mass is 79.9. The summed E-state index contributed by atoms with van der Waals surface area (Å²) in [6.45, 7) is 1.87. The average molecular weight is 374 g/mol. The summed E-state index contributed by atoms with van der Waals surface area (Å²) < 4.78 is 1.03. The third-order valence-corrected chi connectivity index (χ3v) is 4.54. The SMILES string of the molecule is C/C(=N\Nc1ccc(Cl)c(C(=O)O)c1)c1ccc(Br)s1. The standard InChI is InChI=1S/C13H10BrClN2O2S/c1-7(11-4-5-12(14)20-11)16-17-8-2-3-10(15)9(6-8)13(18)19/h2-6,17H,1H3,(H,18,19)/b16-7+. The van der Waals surface area contributed by atoms with Gasteiger partial charge in [-0.25, -0.2) is 4.79 Å². The number of hydrazone groups is 1. The molecule has 0 saturated carbocycles. The number of hydrogen-bond acceptors (Lipinski definition) is 4. The largest absolute Gasteiger partial charge is 0.478 e. The minimum absolute atomic E-state index is 0.0448. The zero-order valence-electron chi connectivity index (χ0n) is 10.4. The molecule has 1 aromatic carbocycles. The smallest absolute Gasteiger partial charge is 0.337 e. The number of aromatic carboxylic acids is 1. The molecule has 0 radical (unpaired) electrons. The maximum absolute atomic E-state index is 11.0. The van der Waals surface area contributed by atoms with Crippen molar-refractivity contribution in [2.45, 2.75) is 6.92 Å². The predicted octanol–water partition coefficient (Wildman–Crippen LogP) is 4.70. The third kappa shape index (κ3) is 3.59. The molecule has 7 heteroatoms. The summed E-state index contributed by atoms with van der Waals surface area (Å²) >= 11 is 10.8. The first-order valence-corrected chi connectivity index (χ1v) is 7.55. The van der Waals surface area contributed by atoms with E-state index in [1.54, 1.807) is 17.4 Å². The number of thiophene rings is 1. The van der Waals surface area contributed by atoms with Gasteiger partial charge in [0.15, 0.2) is 0 Å². The van der Waals surface area contributed by atoms with E-state index in [-0.39, 0.29) is 10.6 Å². The van der Waals surface area contributed by atoms with Gasteiger partial charge < -0.3 is 5.11 Å². The molecule has 0 saturated heterocycles. The lowest BCUT2D eigenvalue weighted by atomic mass is 10.2. The Morgan fingerprint density at radius 3 is 2.75 bits per heavy atom. The molecule has 0 atom stereocenters. The number of anilines is 1. The summed E-state index contributed by atoms with van der Waals surface area (Å²) in [6.07, 6.45) is 0. The predicted molar refractivity (Wildman–Crippen MR) is 86.3 cm³/mol. The topological polar surface area (TPSA) is 61.7 Å². The second-order valence-corrected chi connectivity index (χ2v) is 6.78.